The van der Waals surface area contributed by atoms with Crippen molar-refractivity contribution in [3.05, 3.63) is 58.1 Å². The lowest BCUT2D eigenvalue weighted by molar-refractivity contribution is 0.266. The van der Waals surface area contributed by atoms with E-state index in [9.17, 15) is 0 Å². The van der Waals surface area contributed by atoms with Crippen LogP contribution in [0, 0.1) is 0 Å². The smallest absolute Gasteiger partial charge is 0.123 e. The fourth-order valence-electron chi connectivity index (χ4n) is 2.34. The van der Waals surface area contributed by atoms with Crippen LogP contribution >= 0.6 is 15.9 Å². The molecule has 0 heterocycles. The first-order valence-electron chi connectivity index (χ1n) is 7.01. The second-order valence-electron chi connectivity index (χ2n) is 5.00. The summed E-state index contributed by atoms with van der Waals surface area (Å²) >= 11 is 3.52. The zero-order valence-corrected chi connectivity index (χ0v) is 14.1. The summed E-state index contributed by atoms with van der Waals surface area (Å²) < 4.78 is 6.52. The highest BCUT2D eigenvalue weighted by molar-refractivity contribution is 9.10. The Labute approximate surface area is 134 Å². The van der Waals surface area contributed by atoms with Crippen molar-refractivity contribution in [1.82, 2.24) is 4.90 Å². The number of ether oxygens (including phenoxy) is 1. The van der Waals surface area contributed by atoms with E-state index in [0.717, 1.165) is 35.5 Å². The highest BCUT2D eigenvalue weighted by atomic mass is 79.9. The third kappa shape index (κ3) is 4.48. The van der Waals surface area contributed by atoms with Crippen LogP contribution in [0.1, 0.15) is 18.1 Å². The van der Waals surface area contributed by atoms with Gasteiger partial charge in [-0.25, -0.2) is 0 Å². The molecule has 0 radical (unpaired) electrons. The summed E-state index contributed by atoms with van der Waals surface area (Å²) in [6.07, 6.45) is 0. The van der Waals surface area contributed by atoms with Gasteiger partial charge in [0, 0.05) is 28.8 Å². The van der Waals surface area contributed by atoms with E-state index in [-0.39, 0.29) is 0 Å². The predicted octanol–water partition coefficient (Wildman–Crippen LogP) is 4.06. The van der Waals surface area contributed by atoms with Gasteiger partial charge in [-0.1, -0.05) is 35.0 Å². The van der Waals surface area contributed by atoms with Gasteiger partial charge in [0.2, 0.25) is 0 Å². The molecular weight excluding hydrogens is 328 g/mol. The molecule has 0 aliphatic heterocycles. The third-order valence-electron chi connectivity index (χ3n) is 3.44. The van der Waals surface area contributed by atoms with Crippen LogP contribution in [0.5, 0.6) is 5.75 Å². The largest absolute Gasteiger partial charge is 0.496 e. The van der Waals surface area contributed by atoms with Gasteiger partial charge in [-0.05, 0) is 42.4 Å². The predicted molar refractivity (Wildman–Crippen MR) is 91.3 cm³/mol. The van der Waals surface area contributed by atoms with Gasteiger partial charge in [-0.2, -0.15) is 0 Å². The van der Waals surface area contributed by atoms with Crippen LogP contribution in [-0.4, -0.2) is 18.6 Å². The molecule has 0 bridgehead atoms. The van der Waals surface area contributed by atoms with Crippen LogP contribution in [0.3, 0.4) is 0 Å². The summed E-state index contributed by atoms with van der Waals surface area (Å²) in [5.41, 5.74) is 9.06. The molecule has 112 valence electrons. The topological polar surface area (TPSA) is 38.5 Å². The molecule has 0 aliphatic carbocycles. The van der Waals surface area contributed by atoms with Crippen LogP contribution in [-0.2, 0) is 13.1 Å². The van der Waals surface area contributed by atoms with Gasteiger partial charge < -0.3 is 10.5 Å². The number of halogens is 1. The maximum Gasteiger partial charge on any atom is 0.123 e. The SMILES string of the molecule is CCN(Cc1cccc(N)c1)Cc1cc(Br)ccc1OC. The lowest BCUT2D eigenvalue weighted by Gasteiger charge is -2.22. The molecule has 2 aromatic rings. The average molecular weight is 349 g/mol. The number of hydrogen-bond donors (Lipinski definition) is 1. The summed E-state index contributed by atoms with van der Waals surface area (Å²) in [5.74, 6) is 0.921. The lowest BCUT2D eigenvalue weighted by Crippen LogP contribution is -2.22. The number of rotatable bonds is 6. The van der Waals surface area contributed by atoms with Gasteiger partial charge in [0.25, 0.3) is 0 Å². The van der Waals surface area contributed by atoms with Crippen LogP contribution < -0.4 is 10.5 Å². The highest BCUT2D eigenvalue weighted by Gasteiger charge is 2.10. The van der Waals surface area contributed by atoms with Crippen molar-refractivity contribution < 1.29 is 4.74 Å². The van der Waals surface area contributed by atoms with Crippen molar-refractivity contribution >= 4 is 21.6 Å². The van der Waals surface area contributed by atoms with Gasteiger partial charge >= 0.3 is 0 Å². The van der Waals surface area contributed by atoms with E-state index in [1.54, 1.807) is 7.11 Å². The molecule has 0 atom stereocenters. The second kappa shape index (κ2) is 7.48. The molecular formula is C17H21BrN2O. The van der Waals surface area contributed by atoms with Crippen molar-refractivity contribution in [2.24, 2.45) is 0 Å². The molecule has 2 N–H and O–H groups in total. The average Bonchev–Trinajstić information content (AvgIpc) is 2.47. The quantitative estimate of drug-likeness (QED) is 0.800. The fourth-order valence-corrected chi connectivity index (χ4v) is 2.75. The van der Waals surface area contributed by atoms with Gasteiger partial charge in [0.1, 0.15) is 5.75 Å². The highest BCUT2D eigenvalue weighted by Crippen LogP contribution is 2.25. The molecule has 21 heavy (non-hydrogen) atoms. The molecule has 0 fully saturated rings. The van der Waals surface area contributed by atoms with E-state index in [0.29, 0.717) is 0 Å². The van der Waals surface area contributed by atoms with Gasteiger partial charge in [-0.15, -0.1) is 0 Å². The Morgan fingerprint density at radius 1 is 1.14 bits per heavy atom. The number of nitrogens with two attached hydrogens (primary N) is 1. The van der Waals surface area contributed by atoms with Crippen LogP contribution in [0.2, 0.25) is 0 Å². The van der Waals surface area contributed by atoms with E-state index in [1.807, 2.05) is 30.3 Å². The van der Waals surface area contributed by atoms with Crippen LogP contribution in [0.25, 0.3) is 0 Å². The maximum absolute atomic E-state index is 5.85. The minimum Gasteiger partial charge on any atom is -0.496 e. The molecule has 4 heteroatoms. The third-order valence-corrected chi connectivity index (χ3v) is 3.93. The Bertz CT molecular complexity index is 601. The number of methoxy groups -OCH3 is 1. The number of nitrogen functional groups attached to an aromatic ring is 1. The standard InChI is InChI=1S/C17H21BrN2O/c1-3-20(11-13-5-4-6-16(19)9-13)12-14-10-15(18)7-8-17(14)21-2/h4-10H,3,11-12,19H2,1-2H3. The number of anilines is 1. The van der Waals surface area contributed by atoms with Gasteiger partial charge in [-0.3, -0.25) is 4.90 Å². The fraction of sp³-hybridized carbons (Fsp3) is 0.294. The molecule has 3 nitrogen and oxygen atoms in total. The monoisotopic (exact) mass is 348 g/mol. The molecule has 0 aliphatic rings. The Balaban J connectivity index is 2.14. The van der Waals surface area contributed by atoms with Crippen molar-refractivity contribution in [1.29, 1.82) is 0 Å². The zero-order valence-electron chi connectivity index (χ0n) is 12.5. The normalized spacial score (nSPS) is 10.9. The Morgan fingerprint density at radius 3 is 2.62 bits per heavy atom. The first kappa shape index (κ1) is 15.9. The molecule has 0 aromatic heterocycles. The Hall–Kier alpha value is -1.52. The molecule has 0 unspecified atom stereocenters. The van der Waals surface area contributed by atoms with Crippen molar-refractivity contribution in [2.75, 3.05) is 19.4 Å². The van der Waals surface area contributed by atoms with Crippen molar-refractivity contribution in [2.45, 2.75) is 20.0 Å². The van der Waals surface area contributed by atoms with Crippen molar-refractivity contribution in [3.63, 3.8) is 0 Å². The number of nitrogens with zero attached hydrogens (tertiary/aromatic N) is 1. The van der Waals surface area contributed by atoms with Gasteiger partial charge in [0.15, 0.2) is 0 Å². The number of benzene rings is 2. The lowest BCUT2D eigenvalue weighted by atomic mass is 10.1. The first-order valence-corrected chi connectivity index (χ1v) is 7.81. The maximum atomic E-state index is 5.85. The molecule has 0 saturated carbocycles. The minimum absolute atomic E-state index is 0.809. The summed E-state index contributed by atoms with van der Waals surface area (Å²) in [6.45, 7) is 4.84. The Kier molecular flexibility index (Phi) is 5.65. The van der Waals surface area contributed by atoms with Crippen LogP contribution in [0.15, 0.2) is 46.9 Å². The molecule has 2 rings (SSSR count). The summed E-state index contributed by atoms with van der Waals surface area (Å²) in [5, 5.41) is 0. The first-order chi connectivity index (χ1) is 10.1. The summed E-state index contributed by atoms with van der Waals surface area (Å²) in [4.78, 5) is 2.36. The molecule has 2 aromatic carbocycles. The van der Waals surface area contributed by atoms with E-state index in [1.165, 1.54) is 11.1 Å². The molecule has 0 amide bonds. The molecule has 0 spiro atoms. The summed E-state index contributed by atoms with van der Waals surface area (Å²) in [7, 11) is 1.71. The van der Waals surface area contributed by atoms with E-state index in [4.69, 9.17) is 10.5 Å². The van der Waals surface area contributed by atoms with Crippen molar-refractivity contribution in [3.8, 4) is 5.75 Å². The zero-order chi connectivity index (χ0) is 15.2. The van der Waals surface area contributed by atoms with E-state index >= 15 is 0 Å². The Morgan fingerprint density at radius 2 is 1.95 bits per heavy atom. The van der Waals surface area contributed by atoms with Gasteiger partial charge in [0.05, 0.1) is 7.11 Å². The molecule has 0 saturated heterocycles. The van der Waals surface area contributed by atoms with E-state index < -0.39 is 0 Å². The van der Waals surface area contributed by atoms with E-state index in [2.05, 4.69) is 39.9 Å². The van der Waals surface area contributed by atoms with Crippen LogP contribution in [0.4, 0.5) is 5.69 Å². The number of hydrogen-bond acceptors (Lipinski definition) is 3. The summed E-state index contributed by atoms with van der Waals surface area (Å²) in [6, 6.07) is 14.2. The minimum atomic E-state index is 0.809. The second-order valence-corrected chi connectivity index (χ2v) is 5.92.